The molecule has 1 atom stereocenters. The summed E-state index contributed by atoms with van der Waals surface area (Å²) in [6.07, 6.45) is 5.52. The van der Waals surface area contributed by atoms with Gasteiger partial charge in [-0.15, -0.1) is 0 Å². The highest BCUT2D eigenvalue weighted by atomic mass is 16.5. The molecule has 0 fully saturated rings. The van der Waals surface area contributed by atoms with Gasteiger partial charge in [-0.05, 0) is 78.5 Å². The maximum Gasteiger partial charge on any atom is 0.120 e. The molecule has 1 aliphatic rings. The fourth-order valence-electron chi connectivity index (χ4n) is 4.46. The van der Waals surface area contributed by atoms with Gasteiger partial charge in [0.2, 0.25) is 0 Å². The summed E-state index contributed by atoms with van der Waals surface area (Å²) < 4.78 is 10.9. The Kier molecular flexibility index (Phi) is 6.58. The second-order valence-electron chi connectivity index (χ2n) is 8.04. The summed E-state index contributed by atoms with van der Waals surface area (Å²) in [7, 11) is 3.47. The molecule has 1 N–H and O–H groups in total. The van der Waals surface area contributed by atoms with Crippen molar-refractivity contribution < 1.29 is 9.47 Å². The second-order valence-corrected chi connectivity index (χ2v) is 8.04. The number of nitrogens with one attached hydrogen (secondary N) is 1. The highest BCUT2D eigenvalue weighted by Crippen LogP contribution is 2.38. The number of hydrogen-bond donors (Lipinski definition) is 1. The Balaban J connectivity index is 1.46. The minimum Gasteiger partial charge on any atom is -0.497 e. The van der Waals surface area contributed by atoms with Crippen LogP contribution in [-0.4, -0.2) is 20.8 Å². The summed E-state index contributed by atoms with van der Waals surface area (Å²) in [6, 6.07) is 23.7. The molecule has 3 aromatic rings. The van der Waals surface area contributed by atoms with E-state index in [9.17, 15) is 0 Å². The minimum absolute atomic E-state index is 0.522. The average molecular weight is 402 g/mol. The molecule has 3 nitrogen and oxygen atoms in total. The van der Waals surface area contributed by atoms with E-state index in [0.29, 0.717) is 5.92 Å². The van der Waals surface area contributed by atoms with Gasteiger partial charge in [-0.2, -0.15) is 0 Å². The van der Waals surface area contributed by atoms with Crippen molar-refractivity contribution in [3.8, 4) is 11.5 Å². The van der Waals surface area contributed by atoms with Crippen LogP contribution in [-0.2, 0) is 19.3 Å². The topological polar surface area (TPSA) is 30.5 Å². The van der Waals surface area contributed by atoms with Crippen molar-refractivity contribution in [1.82, 2.24) is 0 Å². The quantitative estimate of drug-likeness (QED) is 0.468. The standard InChI is InChI=1S/C27H31NO2/c1-29-24-13-12-21-17-23(11-10-22(21)18-24)26-15-14-25(30-2)19-27(26)28-16-6-9-20-7-4-3-5-8-20/h3-5,7-8,12-15,18-19,23,28H,6,9-11,16-17H2,1-2H3. The van der Waals surface area contributed by atoms with Gasteiger partial charge < -0.3 is 14.8 Å². The van der Waals surface area contributed by atoms with Crippen LogP contribution in [0.4, 0.5) is 5.69 Å². The summed E-state index contributed by atoms with van der Waals surface area (Å²) in [4.78, 5) is 0. The van der Waals surface area contributed by atoms with E-state index >= 15 is 0 Å². The van der Waals surface area contributed by atoms with Crippen LogP contribution >= 0.6 is 0 Å². The Bertz CT molecular complexity index is 968. The molecule has 0 spiro atoms. The van der Waals surface area contributed by atoms with Crippen LogP contribution in [0.3, 0.4) is 0 Å². The first-order valence-electron chi connectivity index (χ1n) is 10.9. The lowest BCUT2D eigenvalue weighted by Gasteiger charge is -2.27. The van der Waals surface area contributed by atoms with Crippen LogP contribution in [0.15, 0.2) is 66.7 Å². The van der Waals surface area contributed by atoms with Crippen molar-refractivity contribution in [3.63, 3.8) is 0 Å². The zero-order valence-corrected chi connectivity index (χ0v) is 18.0. The van der Waals surface area contributed by atoms with Crippen molar-refractivity contribution >= 4 is 5.69 Å². The SMILES string of the molecule is COc1ccc2c(c1)CCC(c1ccc(OC)cc1NCCCc1ccccc1)C2. The second kappa shape index (κ2) is 9.71. The highest BCUT2D eigenvalue weighted by Gasteiger charge is 2.23. The van der Waals surface area contributed by atoms with E-state index in [1.54, 1.807) is 14.2 Å². The minimum atomic E-state index is 0.522. The number of aryl methyl sites for hydroxylation is 2. The summed E-state index contributed by atoms with van der Waals surface area (Å²) >= 11 is 0. The number of rotatable bonds is 8. The molecule has 0 amide bonds. The zero-order chi connectivity index (χ0) is 20.8. The lowest BCUT2D eigenvalue weighted by Crippen LogP contribution is -2.15. The van der Waals surface area contributed by atoms with E-state index in [-0.39, 0.29) is 0 Å². The van der Waals surface area contributed by atoms with E-state index in [2.05, 4.69) is 72.0 Å². The first kappa shape index (κ1) is 20.3. The summed E-state index contributed by atoms with van der Waals surface area (Å²) in [5, 5.41) is 3.70. The maximum absolute atomic E-state index is 5.50. The van der Waals surface area contributed by atoms with Gasteiger partial charge in [0.15, 0.2) is 0 Å². The zero-order valence-electron chi connectivity index (χ0n) is 18.0. The van der Waals surface area contributed by atoms with E-state index in [1.807, 2.05) is 0 Å². The first-order valence-corrected chi connectivity index (χ1v) is 10.9. The van der Waals surface area contributed by atoms with Crippen LogP contribution in [0.1, 0.15) is 41.0 Å². The smallest absolute Gasteiger partial charge is 0.120 e. The van der Waals surface area contributed by atoms with Crippen LogP contribution in [0.2, 0.25) is 0 Å². The molecule has 30 heavy (non-hydrogen) atoms. The molecular formula is C27H31NO2. The van der Waals surface area contributed by atoms with Gasteiger partial charge in [0, 0.05) is 18.3 Å². The van der Waals surface area contributed by atoms with E-state index in [0.717, 1.165) is 50.1 Å². The Labute approximate surface area is 180 Å². The summed E-state index contributed by atoms with van der Waals surface area (Å²) in [5.74, 6) is 2.39. The number of fused-ring (bicyclic) bond motifs is 1. The Morgan fingerprint density at radius 3 is 2.43 bits per heavy atom. The Hall–Kier alpha value is -2.94. The van der Waals surface area contributed by atoms with Crippen molar-refractivity contribution in [2.24, 2.45) is 0 Å². The molecule has 1 aliphatic carbocycles. The predicted molar refractivity (Wildman–Crippen MR) is 124 cm³/mol. The Morgan fingerprint density at radius 2 is 1.63 bits per heavy atom. The van der Waals surface area contributed by atoms with Gasteiger partial charge in [-0.3, -0.25) is 0 Å². The molecule has 0 radical (unpaired) electrons. The van der Waals surface area contributed by atoms with Crippen LogP contribution < -0.4 is 14.8 Å². The lowest BCUT2D eigenvalue weighted by molar-refractivity contribution is 0.413. The molecule has 3 heteroatoms. The third-order valence-corrected chi connectivity index (χ3v) is 6.14. The largest absolute Gasteiger partial charge is 0.497 e. The number of anilines is 1. The third kappa shape index (κ3) is 4.79. The average Bonchev–Trinajstić information content (AvgIpc) is 2.81. The summed E-state index contributed by atoms with van der Waals surface area (Å²) in [5.41, 5.74) is 6.88. The molecule has 0 saturated carbocycles. The molecule has 0 heterocycles. The molecule has 0 aromatic heterocycles. The lowest BCUT2D eigenvalue weighted by atomic mass is 9.79. The molecule has 0 aliphatic heterocycles. The van der Waals surface area contributed by atoms with Crippen molar-refractivity contribution in [3.05, 3.63) is 89.0 Å². The highest BCUT2D eigenvalue weighted by molar-refractivity contribution is 5.57. The van der Waals surface area contributed by atoms with Gasteiger partial charge in [0.05, 0.1) is 14.2 Å². The molecule has 1 unspecified atom stereocenters. The third-order valence-electron chi connectivity index (χ3n) is 6.14. The van der Waals surface area contributed by atoms with E-state index in [1.165, 1.54) is 27.9 Å². The number of ether oxygens (including phenoxy) is 2. The van der Waals surface area contributed by atoms with Gasteiger partial charge >= 0.3 is 0 Å². The van der Waals surface area contributed by atoms with Crippen LogP contribution in [0.5, 0.6) is 11.5 Å². The van der Waals surface area contributed by atoms with Gasteiger partial charge in [0.25, 0.3) is 0 Å². The number of methoxy groups -OCH3 is 2. The first-order chi connectivity index (χ1) is 14.8. The van der Waals surface area contributed by atoms with Crippen molar-refractivity contribution in [1.29, 1.82) is 0 Å². The van der Waals surface area contributed by atoms with Crippen molar-refractivity contribution in [2.75, 3.05) is 26.1 Å². The van der Waals surface area contributed by atoms with Gasteiger partial charge in [0.1, 0.15) is 11.5 Å². The normalized spacial score (nSPS) is 15.3. The fourth-order valence-corrected chi connectivity index (χ4v) is 4.46. The van der Waals surface area contributed by atoms with Gasteiger partial charge in [-0.1, -0.05) is 42.5 Å². The number of benzene rings is 3. The van der Waals surface area contributed by atoms with E-state index < -0.39 is 0 Å². The van der Waals surface area contributed by atoms with Gasteiger partial charge in [-0.25, -0.2) is 0 Å². The molecule has 0 saturated heterocycles. The predicted octanol–water partition coefficient (Wildman–Crippen LogP) is 6.02. The maximum atomic E-state index is 5.50. The van der Waals surface area contributed by atoms with E-state index in [4.69, 9.17) is 9.47 Å². The van der Waals surface area contributed by atoms with Crippen LogP contribution in [0, 0.1) is 0 Å². The number of hydrogen-bond acceptors (Lipinski definition) is 3. The monoisotopic (exact) mass is 401 g/mol. The fraction of sp³-hybridized carbons (Fsp3) is 0.333. The molecule has 156 valence electrons. The summed E-state index contributed by atoms with van der Waals surface area (Å²) in [6.45, 7) is 0.954. The van der Waals surface area contributed by atoms with Crippen molar-refractivity contribution in [2.45, 2.75) is 38.0 Å². The molecule has 4 rings (SSSR count). The Morgan fingerprint density at radius 1 is 0.867 bits per heavy atom. The molecule has 3 aromatic carbocycles. The molecule has 0 bridgehead atoms. The molecular weight excluding hydrogens is 370 g/mol. The van der Waals surface area contributed by atoms with Crippen LogP contribution in [0.25, 0.3) is 0 Å².